The number of methoxy groups -OCH3 is 1. The number of benzene rings is 1. The van der Waals surface area contributed by atoms with Crippen molar-refractivity contribution in [3.63, 3.8) is 0 Å². The fraction of sp³-hybridized carbons (Fsp3) is 0.375. The summed E-state index contributed by atoms with van der Waals surface area (Å²) in [6.45, 7) is 2.17. The van der Waals surface area contributed by atoms with Gasteiger partial charge in [-0.15, -0.1) is 0 Å². The van der Waals surface area contributed by atoms with E-state index in [1.807, 2.05) is 30.3 Å². The van der Waals surface area contributed by atoms with Gasteiger partial charge in [-0.2, -0.15) is 0 Å². The standard InChI is InChI=1S/C16H19FO3/c1-11-8-15(13(9-14(11)17)16(18)19-2)20-10-12-6-4-3-5-7-12/h3-7,9,11,16,18H,8,10H2,1-2H3. The number of allylic oxidation sites excluding steroid dienone is 2. The highest BCUT2D eigenvalue weighted by Gasteiger charge is 2.25. The van der Waals surface area contributed by atoms with E-state index >= 15 is 0 Å². The molecule has 1 aliphatic carbocycles. The van der Waals surface area contributed by atoms with Crippen molar-refractivity contribution < 1.29 is 19.0 Å². The smallest absolute Gasteiger partial charge is 0.184 e. The Morgan fingerprint density at radius 1 is 1.35 bits per heavy atom. The third-order valence-corrected chi connectivity index (χ3v) is 3.32. The van der Waals surface area contributed by atoms with Crippen LogP contribution in [-0.2, 0) is 16.1 Å². The van der Waals surface area contributed by atoms with Gasteiger partial charge in [0.1, 0.15) is 18.2 Å². The molecule has 0 bridgehead atoms. The molecule has 0 aliphatic heterocycles. The van der Waals surface area contributed by atoms with Gasteiger partial charge in [0.2, 0.25) is 0 Å². The van der Waals surface area contributed by atoms with Gasteiger partial charge in [0.05, 0.1) is 0 Å². The minimum atomic E-state index is -1.17. The Labute approximate surface area is 118 Å². The van der Waals surface area contributed by atoms with Gasteiger partial charge in [-0.25, -0.2) is 4.39 Å². The van der Waals surface area contributed by atoms with Crippen molar-refractivity contribution in [2.45, 2.75) is 26.2 Å². The van der Waals surface area contributed by atoms with Gasteiger partial charge in [0, 0.05) is 25.0 Å². The van der Waals surface area contributed by atoms with E-state index in [9.17, 15) is 9.50 Å². The van der Waals surface area contributed by atoms with E-state index in [-0.39, 0.29) is 11.7 Å². The molecule has 0 spiro atoms. The van der Waals surface area contributed by atoms with Crippen LogP contribution in [0.3, 0.4) is 0 Å². The maximum atomic E-state index is 13.7. The van der Waals surface area contributed by atoms with Crippen LogP contribution in [0.5, 0.6) is 0 Å². The van der Waals surface area contributed by atoms with Crippen molar-refractivity contribution in [3.05, 3.63) is 59.1 Å². The number of hydrogen-bond donors (Lipinski definition) is 1. The highest BCUT2D eigenvalue weighted by Crippen LogP contribution is 2.32. The monoisotopic (exact) mass is 278 g/mol. The Balaban J connectivity index is 2.16. The maximum absolute atomic E-state index is 13.7. The minimum Gasteiger partial charge on any atom is -0.493 e. The zero-order valence-corrected chi connectivity index (χ0v) is 11.7. The second kappa shape index (κ2) is 6.68. The Kier molecular flexibility index (Phi) is 4.93. The number of rotatable bonds is 5. The average Bonchev–Trinajstić information content (AvgIpc) is 2.48. The average molecular weight is 278 g/mol. The van der Waals surface area contributed by atoms with E-state index in [1.165, 1.54) is 13.2 Å². The maximum Gasteiger partial charge on any atom is 0.184 e. The summed E-state index contributed by atoms with van der Waals surface area (Å²) in [5, 5.41) is 9.78. The van der Waals surface area contributed by atoms with Crippen LogP contribution in [0.4, 0.5) is 4.39 Å². The fourth-order valence-corrected chi connectivity index (χ4v) is 2.09. The quantitative estimate of drug-likeness (QED) is 0.840. The molecule has 4 heteroatoms. The van der Waals surface area contributed by atoms with Gasteiger partial charge in [0.15, 0.2) is 6.29 Å². The predicted molar refractivity (Wildman–Crippen MR) is 74.2 cm³/mol. The van der Waals surface area contributed by atoms with Crippen LogP contribution in [0.25, 0.3) is 0 Å². The normalized spacial score (nSPS) is 20.6. The number of ether oxygens (including phenoxy) is 2. The second-order valence-corrected chi connectivity index (χ2v) is 4.88. The topological polar surface area (TPSA) is 38.7 Å². The largest absolute Gasteiger partial charge is 0.493 e. The molecule has 1 aromatic rings. The molecular weight excluding hydrogens is 259 g/mol. The lowest BCUT2D eigenvalue weighted by Crippen LogP contribution is -2.19. The highest BCUT2D eigenvalue weighted by molar-refractivity contribution is 5.32. The van der Waals surface area contributed by atoms with Crippen LogP contribution in [-0.4, -0.2) is 18.5 Å². The molecule has 1 aliphatic rings. The van der Waals surface area contributed by atoms with Crippen LogP contribution < -0.4 is 0 Å². The molecule has 1 aromatic carbocycles. The van der Waals surface area contributed by atoms with Crippen LogP contribution in [0.15, 0.2) is 53.6 Å². The lowest BCUT2D eigenvalue weighted by molar-refractivity contribution is -0.0468. The molecule has 3 nitrogen and oxygen atoms in total. The molecule has 0 amide bonds. The number of aliphatic hydroxyl groups excluding tert-OH is 1. The van der Waals surface area contributed by atoms with Crippen molar-refractivity contribution in [1.29, 1.82) is 0 Å². The van der Waals surface area contributed by atoms with Crippen molar-refractivity contribution in [1.82, 2.24) is 0 Å². The summed E-state index contributed by atoms with van der Waals surface area (Å²) in [6, 6.07) is 9.71. The van der Waals surface area contributed by atoms with Gasteiger partial charge in [-0.1, -0.05) is 37.3 Å². The summed E-state index contributed by atoms with van der Waals surface area (Å²) < 4.78 is 24.3. The predicted octanol–water partition coefficient (Wildman–Crippen LogP) is 3.32. The van der Waals surface area contributed by atoms with Crippen molar-refractivity contribution in [2.75, 3.05) is 7.11 Å². The molecule has 2 unspecified atom stereocenters. The summed E-state index contributed by atoms with van der Waals surface area (Å²) in [7, 11) is 1.37. The molecule has 0 saturated heterocycles. The van der Waals surface area contributed by atoms with Crippen molar-refractivity contribution >= 4 is 0 Å². The molecular formula is C16H19FO3. The molecule has 0 heterocycles. The first-order chi connectivity index (χ1) is 9.61. The zero-order valence-electron chi connectivity index (χ0n) is 11.7. The Bertz CT molecular complexity index is 508. The van der Waals surface area contributed by atoms with Crippen LogP contribution in [0, 0.1) is 5.92 Å². The van der Waals surface area contributed by atoms with E-state index in [0.717, 1.165) is 5.56 Å². The van der Waals surface area contributed by atoms with Crippen molar-refractivity contribution in [3.8, 4) is 0 Å². The Morgan fingerprint density at radius 3 is 2.70 bits per heavy atom. The second-order valence-electron chi connectivity index (χ2n) is 4.88. The van der Waals surface area contributed by atoms with E-state index in [1.54, 1.807) is 6.92 Å². The zero-order chi connectivity index (χ0) is 14.5. The minimum absolute atomic E-state index is 0.242. The first-order valence-corrected chi connectivity index (χ1v) is 6.59. The van der Waals surface area contributed by atoms with Gasteiger partial charge >= 0.3 is 0 Å². The van der Waals surface area contributed by atoms with Crippen molar-refractivity contribution in [2.24, 2.45) is 5.92 Å². The van der Waals surface area contributed by atoms with E-state index in [0.29, 0.717) is 24.4 Å². The molecule has 2 rings (SSSR count). The number of hydrogen-bond acceptors (Lipinski definition) is 3. The summed E-state index contributed by atoms with van der Waals surface area (Å²) in [4.78, 5) is 0. The van der Waals surface area contributed by atoms with Gasteiger partial charge in [-0.3, -0.25) is 0 Å². The van der Waals surface area contributed by atoms with Crippen LogP contribution in [0.2, 0.25) is 0 Å². The van der Waals surface area contributed by atoms with Gasteiger partial charge in [0.25, 0.3) is 0 Å². The molecule has 20 heavy (non-hydrogen) atoms. The van der Waals surface area contributed by atoms with E-state index in [4.69, 9.17) is 9.47 Å². The first-order valence-electron chi connectivity index (χ1n) is 6.59. The summed E-state index contributed by atoms with van der Waals surface area (Å²) in [6.07, 6.45) is 0.562. The number of halogens is 1. The fourth-order valence-electron chi connectivity index (χ4n) is 2.09. The molecule has 0 saturated carbocycles. The van der Waals surface area contributed by atoms with Crippen LogP contribution >= 0.6 is 0 Å². The molecule has 108 valence electrons. The van der Waals surface area contributed by atoms with E-state index in [2.05, 4.69) is 0 Å². The molecule has 1 N–H and O–H groups in total. The van der Waals surface area contributed by atoms with E-state index < -0.39 is 6.29 Å². The SMILES string of the molecule is COC(O)C1=C(OCc2ccccc2)CC(C)C(F)=C1. The van der Waals surface area contributed by atoms with Gasteiger partial charge in [-0.05, 0) is 11.6 Å². The van der Waals surface area contributed by atoms with Gasteiger partial charge < -0.3 is 14.6 Å². The lowest BCUT2D eigenvalue weighted by atomic mass is 9.95. The Morgan fingerprint density at radius 2 is 2.05 bits per heavy atom. The molecule has 0 radical (unpaired) electrons. The molecule has 0 aromatic heterocycles. The summed E-state index contributed by atoms with van der Waals surface area (Å²) >= 11 is 0. The number of aliphatic hydroxyl groups is 1. The highest BCUT2D eigenvalue weighted by atomic mass is 19.1. The molecule has 2 atom stereocenters. The van der Waals surface area contributed by atoms with Crippen LogP contribution in [0.1, 0.15) is 18.9 Å². The molecule has 0 fully saturated rings. The summed E-state index contributed by atoms with van der Waals surface area (Å²) in [5.74, 6) is 0.0776. The summed E-state index contributed by atoms with van der Waals surface area (Å²) in [5.41, 5.74) is 1.38. The lowest BCUT2D eigenvalue weighted by Gasteiger charge is -2.24. The Hall–Kier alpha value is -1.65. The first kappa shape index (κ1) is 14.8. The third kappa shape index (κ3) is 3.46. The third-order valence-electron chi connectivity index (χ3n) is 3.32.